The zero-order valence-electron chi connectivity index (χ0n) is 8.87. The fourth-order valence-electron chi connectivity index (χ4n) is 1.28. The molecule has 4 heteroatoms. The van der Waals surface area contributed by atoms with Crippen molar-refractivity contribution in [1.82, 2.24) is 0 Å². The highest BCUT2D eigenvalue weighted by molar-refractivity contribution is 5.91. The molecule has 1 aromatic rings. The molecular weight excluding hydrogens is 199 g/mol. The fourth-order valence-corrected chi connectivity index (χ4v) is 1.28. The third-order valence-corrected chi connectivity index (χ3v) is 1.82. The molecule has 0 atom stereocenters. The van der Waals surface area contributed by atoms with Crippen LogP contribution in [0, 0.1) is 12.7 Å². The highest BCUT2D eigenvalue weighted by Gasteiger charge is 2.16. The molecule has 1 N–H and O–H groups in total. The van der Waals surface area contributed by atoms with Gasteiger partial charge in [-0.15, -0.1) is 0 Å². The molecule has 3 nitrogen and oxygen atoms in total. The molecule has 0 bridgehead atoms. The highest BCUT2D eigenvalue weighted by atomic mass is 19.1. The second kappa shape index (κ2) is 4.29. The lowest BCUT2D eigenvalue weighted by molar-refractivity contribution is 0.0689. The van der Waals surface area contributed by atoms with Crippen molar-refractivity contribution in [3.8, 4) is 5.75 Å². The zero-order valence-corrected chi connectivity index (χ0v) is 8.87. The molecule has 0 heterocycles. The number of hydrogen-bond donors (Lipinski definition) is 1. The van der Waals surface area contributed by atoms with Gasteiger partial charge in [0.05, 0.1) is 6.10 Å². The van der Waals surface area contributed by atoms with Gasteiger partial charge in [0.15, 0.2) is 0 Å². The maximum absolute atomic E-state index is 13.0. The third kappa shape index (κ3) is 2.68. The Bertz CT molecular complexity index is 386. The molecule has 0 radical (unpaired) electrons. The lowest BCUT2D eigenvalue weighted by Gasteiger charge is -2.14. The lowest BCUT2D eigenvalue weighted by Crippen LogP contribution is -2.11. The molecule has 15 heavy (non-hydrogen) atoms. The number of carboxylic acid groups (broad SMARTS) is 1. The Labute approximate surface area is 87.5 Å². The van der Waals surface area contributed by atoms with Crippen molar-refractivity contribution in [2.75, 3.05) is 0 Å². The fraction of sp³-hybridized carbons (Fsp3) is 0.364. The average Bonchev–Trinajstić information content (AvgIpc) is 2.08. The summed E-state index contributed by atoms with van der Waals surface area (Å²) in [7, 11) is 0. The smallest absolute Gasteiger partial charge is 0.339 e. The Morgan fingerprint density at radius 2 is 2.07 bits per heavy atom. The van der Waals surface area contributed by atoms with E-state index in [1.165, 1.54) is 6.07 Å². The summed E-state index contributed by atoms with van der Waals surface area (Å²) in [6, 6.07) is 2.22. The average molecular weight is 212 g/mol. The summed E-state index contributed by atoms with van der Waals surface area (Å²) in [4.78, 5) is 10.9. The van der Waals surface area contributed by atoms with Crippen molar-refractivity contribution < 1.29 is 19.0 Å². The van der Waals surface area contributed by atoms with E-state index >= 15 is 0 Å². The van der Waals surface area contributed by atoms with Gasteiger partial charge in [-0.2, -0.15) is 0 Å². The van der Waals surface area contributed by atoms with Gasteiger partial charge in [-0.25, -0.2) is 9.18 Å². The Morgan fingerprint density at radius 3 is 2.53 bits per heavy atom. The van der Waals surface area contributed by atoms with Crippen LogP contribution < -0.4 is 4.74 Å². The van der Waals surface area contributed by atoms with Crippen LogP contribution in [-0.2, 0) is 0 Å². The van der Waals surface area contributed by atoms with E-state index in [9.17, 15) is 9.18 Å². The van der Waals surface area contributed by atoms with Gasteiger partial charge in [-0.3, -0.25) is 0 Å². The molecule has 1 aromatic carbocycles. The van der Waals surface area contributed by atoms with Crippen molar-refractivity contribution in [2.45, 2.75) is 26.9 Å². The summed E-state index contributed by atoms with van der Waals surface area (Å²) in [6.45, 7) is 5.19. The molecule has 0 saturated carbocycles. The number of rotatable bonds is 3. The molecule has 0 fully saturated rings. The van der Waals surface area contributed by atoms with Crippen LogP contribution in [0.4, 0.5) is 4.39 Å². The van der Waals surface area contributed by atoms with Crippen LogP contribution in [0.25, 0.3) is 0 Å². The zero-order chi connectivity index (χ0) is 11.6. The molecule has 0 aliphatic heterocycles. The van der Waals surface area contributed by atoms with E-state index in [0.717, 1.165) is 6.07 Å². The van der Waals surface area contributed by atoms with Crippen molar-refractivity contribution in [3.63, 3.8) is 0 Å². The number of carboxylic acids is 1. The number of carbonyl (C=O) groups is 1. The first kappa shape index (κ1) is 11.5. The van der Waals surface area contributed by atoms with E-state index in [1.54, 1.807) is 20.8 Å². The predicted molar refractivity (Wildman–Crippen MR) is 53.9 cm³/mol. The van der Waals surface area contributed by atoms with Crippen LogP contribution in [0.2, 0.25) is 0 Å². The monoisotopic (exact) mass is 212 g/mol. The van der Waals surface area contributed by atoms with E-state index in [0.29, 0.717) is 5.56 Å². The van der Waals surface area contributed by atoms with Gasteiger partial charge in [0.1, 0.15) is 17.1 Å². The van der Waals surface area contributed by atoms with E-state index < -0.39 is 11.8 Å². The summed E-state index contributed by atoms with van der Waals surface area (Å²) in [5.74, 6) is -1.52. The minimum absolute atomic E-state index is 0.138. The first-order valence-electron chi connectivity index (χ1n) is 4.62. The number of benzene rings is 1. The highest BCUT2D eigenvalue weighted by Crippen LogP contribution is 2.26. The van der Waals surface area contributed by atoms with Crippen molar-refractivity contribution in [2.24, 2.45) is 0 Å². The lowest BCUT2D eigenvalue weighted by atomic mass is 10.1. The molecular formula is C11H13FO3. The SMILES string of the molecule is Cc1cc(F)cc(C(=O)O)c1OC(C)C. The molecule has 1 rings (SSSR count). The van der Waals surface area contributed by atoms with Gasteiger partial charge in [-0.05, 0) is 38.5 Å². The first-order chi connectivity index (χ1) is 6.91. The first-order valence-corrected chi connectivity index (χ1v) is 4.62. The molecule has 0 spiro atoms. The predicted octanol–water partition coefficient (Wildman–Crippen LogP) is 2.62. The van der Waals surface area contributed by atoms with E-state index in [4.69, 9.17) is 9.84 Å². The Kier molecular flexibility index (Phi) is 3.29. The molecule has 0 amide bonds. The maximum atomic E-state index is 13.0. The normalized spacial score (nSPS) is 10.5. The number of halogens is 1. The summed E-state index contributed by atoms with van der Waals surface area (Å²) >= 11 is 0. The van der Waals surface area contributed by atoms with Crippen molar-refractivity contribution >= 4 is 5.97 Å². The van der Waals surface area contributed by atoms with Gasteiger partial charge < -0.3 is 9.84 Å². The number of hydrogen-bond acceptors (Lipinski definition) is 2. The van der Waals surface area contributed by atoms with Crippen LogP contribution in [0.15, 0.2) is 12.1 Å². The van der Waals surface area contributed by atoms with Crippen LogP contribution in [0.3, 0.4) is 0 Å². The summed E-state index contributed by atoms with van der Waals surface area (Å²) in [5, 5.41) is 8.88. The topological polar surface area (TPSA) is 46.5 Å². The Morgan fingerprint density at radius 1 is 1.47 bits per heavy atom. The standard InChI is InChI=1S/C11H13FO3/c1-6(2)15-10-7(3)4-8(12)5-9(10)11(13)14/h4-6H,1-3H3,(H,13,14). The number of aromatic carboxylic acids is 1. The van der Waals surface area contributed by atoms with E-state index in [1.807, 2.05) is 0 Å². The van der Waals surface area contributed by atoms with Crippen LogP contribution >= 0.6 is 0 Å². The molecule has 0 aromatic heterocycles. The molecule has 0 unspecified atom stereocenters. The number of ether oxygens (including phenoxy) is 1. The molecule has 82 valence electrons. The van der Waals surface area contributed by atoms with Gasteiger partial charge in [-0.1, -0.05) is 0 Å². The van der Waals surface area contributed by atoms with Gasteiger partial charge >= 0.3 is 5.97 Å². The molecule has 0 saturated heterocycles. The minimum Gasteiger partial charge on any atom is -0.490 e. The Balaban J connectivity index is 3.27. The summed E-state index contributed by atoms with van der Waals surface area (Å²) in [5.41, 5.74) is 0.349. The van der Waals surface area contributed by atoms with E-state index in [-0.39, 0.29) is 17.4 Å². The minimum atomic E-state index is -1.19. The van der Waals surface area contributed by atoms with Crippen LogP contribution in [0.1, 0.15) is 29.8 Å². The number of aryl methyl sites for hydroxylation is 1. The van der Waals surface area contributed by atoms with Crippen LogP contribution in [0.5, 0.6) is 5.75 Å². The maximum Gasteiger partial charge on any atom is 0.339 e. The second-order valence-electron chi connectivity index (χ2n) is 3.57. The summed E-state index contributed by atoms with van der Waals surface area (Å²) in [6.07, 6.45) is -0.146. The van der Waals surface area contributed by atoms with Crippen molar-refractivity contribution in [1.29, 1.82) is 0 Å². The van der Waals surface area contributed by atoms with Crippen LogP contribution in [-0.4, -0.2) is 17.2 Å². The van der Waals surface area contributed by atoms with E-state index in [2.05, 4.69) is 0 Å². The molecule has 0 aliphatic carbocycles. The Hall–Kier alpha value is -1.58. The molecule has 0 aliphatic rings. The van der Waals surface area contributed by atoms with Gasteiger partial charge in [0, 0.05) is 0 Å². The second-order valence-corrected chi connectivity index (χ2v) is 3.57. The van der Waals surface area contributed by atoms with Gasteiger partial charge in [0.2, 0.25) is 0 Å². The quantitative estimate of drug-likeness (QED) is 0.837. The third-order valence-electron chi connectivity index (χ3n) is 1.82. The van der Waals surface area contributed by atoms with Gasteiger partial charge in [0.25, 0.3) is 0 Å². The largest absolute Gasteiger partial charge is 0.490 e. The van der Waals surface area contributed by atoms with Crippen molar-refractivity contribution in [3.05, 3.63) is 29.1 Å². The summed E-state index contributed by atoms with van der Waals surface area (Å²) < 4.78 is 18.3.